The lowest BCUT2D eigenvalue weighted by atomic mass is 10.1. The summed E-state index contributed by atoms with van der Waals surface area (Å²) in [6, 6.07) is 0. The van der Waals surface area contributed by atoms with E-state index < -0.39 is 6.10 Å². The number of hydrogen-bond donors (Lipinski definition) is 2. The first-order valence-corrected chi connectivity index (χ1v) is 8.18. The zero-order valence-corrected chi connectivity index (χ0v) is 14.3. The van der Waals surface area contributed by atoms with Gasteiger partial charge in [-0.2, -0.15) is 0 Å². The molecule has 124 valence electrons. The van der Waals surface area contributed by atoms with E-state index in [1.54, 1.807) is 0 Å². The van der Waals surface area contributed by atoms with Gasteiger partial charge in [-0.1, -0.05) is 64.7 Å². The van der Waals surface area contributed by atoms with Crippen molar-refractivity contribution in [3.05, 3.63) is 0 Å². The average molecular weight is 310 g/mol. The van der Waals surface area contributed by atoms with Gasteiger partial charge in [-0.05, 0) is 20.0 Å². The van der Waals surface area contributed by atoms with Gasteiger partial charge in [0.2, 0.25) is 0 Å². The maximum absolute atomic E-state index is 9.30. The van der Waals surface area contributed by atoms with Crippen LogP contribution in [0.25, 0.3) is 0 Å². The summed E-state index contributed by atoms with van der Waals surface area (Å²) >= 11 is 0. The molecule has 0 fully saturated rings. The zero-order chi connectivity index (χ0) is 14.3. The Kier molecular flexibility index (Phi) is 19.3. The summed E-state index contributed by atoms with van der Waals surface area (Å²) in [4.78, 5) is 2.10. The Labute approximate surface area is 132 Å². The molecule has 1 unspecified atom stereocenters. The quantitative estimate of drug-likeness (QED) is 0.482. The summed E-state index contributed by atoms with van der Waals surface area (Å²) in [6.07, 6.45) is 13.0. The molecule has 0 saturated carbocycles. The van der Waals surface area contributed by atoms with Crippen molar-refractivity contribution in [2.45, 2.75) is 77.2 Å². The minimum Gasteiger partial charge on any atom is -0.394 e. The monoisotopic (exact) mass is 309 g/mol. The van der Waals surface area contributed by atoms with Gasteiger partial charge in [0.1, 0.15) is 0 Å². The van der Waals surface area contributed by atoms with E-state index in [4.69, 9.17) is 5.11 Å². The van der Waals surface area contributed by atoms with Crippen molar-refractivity contribution in [1.82, 2.24) is 4.90 Å². The molecule has 0 aliphatic heterocycles. The number of nitrogens with zero attached hydrogens (tertiary/aromatic N) is 1. The fraction of sp³-hybridized carbons (Fsp3) is 1.00. The number of rotatable bonds is 14. The van der Waals surface area contributed by atoms with Gasteiger partial charge in [0.05, 0.1) is 12.7 Å². The van der Waals surface area contributed by atoms with Gasteiger partial charge in [0.25, 0.3) is 0 Å². The molecular weight excluding hydrogens is 274 g/mol. The van der Waals surface area contributed by atoms with Crippen LogP contribution in [0.15, 0.2) is 0 Å². The van der Waals surface area contributed by atoms with Crippen LogP contribution in [-0.4, -0.2) is 48.0 Å². The lowest BCUT2D eigenvalue weighted by Gasteiger charge is -2.18. The molecule has 20 heavy (non-hydrogen) atoms. The van der Waals surface area contributed by atoms with Crippen LogP contribution in [-0.2, 0) is 0 Å². The summed E-state index contributed by atoms with van der Waals surface area (Å²) in [7, 11) is 2.01. The molecule has 0 aromatic carbocycles. The van der Waals surface area contributed by atoms with Crippen LogP contribution in [0.3, 0.4) is 0 Å². The van der Waals surface area contributed by atoms with E-state index in [1.165, 1.54) is 64.2 Å². The third-order valence-corrected chi connectivity index (χ3v) is 3.63. The Bertz CT molecular complexity index is 182. The molecule has 1 atom stereocenters. The van der Waals surface area contributed by atoms with Crippen molar-refractivity contribution >= 4 is 12.4 Å². The molecule has 0 aromatic rings. The second-order valence-corrected chi connectivity index (χ2v) is 5.78. The molecule has 0 spiro atoms. The predicted molar refractivity (Wildman–Crippen MR) is 89.7 cm³/mol. The van der Waals surface area contributed by atoms with Crippen molar-refractivity contribution in [2.24, 2.45) is 0 Å². The van der Waals surface area contributed by atoms with E-state index >= 15 is 0 Å². The zero-order valence-electron chi connectivity index (χ0n) is 13.5. The first kappa shape index (κ1) is 22.5. The van der Waals surface area contributed by atoms with E-state index in [0.29, 0.717) is 6.54 Å². The first-order valence-electron chi connectivity index (χ1n) is 8.18. The van der Waals surface area contributed by atoms with Gasteiger partial charge in [-0.3, -0.25) is 0 Å². The third kappa shape index (κ3) is 16.2. The number of halogens is 1. The van der Waals surface area contributed by atoms with Crippen molar-refractivity contribution in [3.8, 4) is 0 Å². The maximum Gasteiger partial charge on any atom is 0.0897 e. The Morgan fingerprint density at radius 2 is 1.30 bits per heavy atom. The van der Waals surface area contributed by atoms with Crippen LogP contribution in [0, 0.1) is 0 Å². The largest absolute Gasteiger partial charge is 0.394 e. The number of aliphatic hydroxyl groups excluding tert-OH is 2. The van der Waals surface area contributed by atoms with Crippen LogP contribution < -0.4 is 0 Å². The normalized spacial score (nSPS) is 12.4. The highest BCUT2D eigenvalue weighted by atomic mass is 35.5. The lowest BCUT2D eigenvalue weighted by Crippen LogP contribution is -2.31. The molecule has 3 nitrogen and oxygen atoms in total. The van der Waals surface area contributed by atoms with E-state index in [2.05, 4.69) is 11.8 Å². The Morgan fingerprint density at radius 1 is 0.850 bits per heavy atom. The van der Waals surface area contributed by atoms with Gasteiger partial charge in [-0.25, -0.2) is 0 Å². The summed E-state index contributed by atoms with van der Waals surface area (Å²) < 4.78 is 0. The van der Waals surface area contributed by atoms with Gasteiger partial charge in [-0.15, -0.1) is 12.4 Å². The van der Waals surface area contributed by atoms with E-state index in [1.807, 2.05) is 7.05 Å². The molecule has 2 N–H and O–H groups in total. The van der Waals surface area contributed by atoms with E-state index in [9.17, 15) is 5.11 Å². The summed E-state index contributed by atoms with van der Waals surface area (Å²) in [5, 5.41) is 18.1. The molecule has 0 heterocycles. The average Bonchev–Trinajstić information content (AvgIpc) is 2.40. The number of aliphatic hydroxyl groups is 2. The van der Waals surface area contributed by atoms with Crippen LogP contribution in [0.2, 0.25) is 0 Å². The summed E-state index contributed by atoms with van der Waals surface area (Å²) in [6.45, 7) is 3.72. The van der Waals surface area contributed by atoms with E-state index in [0.717, 1.165) is 6.54 Å². The van der Waals surface area contributed by atoms with Crippen LogP contribution in [0.1, 0.15) is 71.1 Å². The second kappa shape index (κ2) is 17.2. The van der Waals surface area contributed by atoms with Gasteiger partial charge >= 0.3 is 0 Å². The van der Waals surface area contributed by atoms with Crippen molar-refractivity contribution in [1.29, 1.82) is 0 Å². The minimum absolute atomic E-state index is 0. The number of likely N-dealkylation sites (N-methyl/N-ethyl adjacent to an activating group) is 1. The molecule has 0 radical (unpaired) electrons. The smallest absolute Gasteiger partial charge is 0.0897 e. The van der Waals surface area contributed by atoms with Crippen molar-refractivity contribution < 1.29 is 10.2 Å². The SMILES string of the molecule is CCCCCCCCCCCCN(C)CC(O)CO.Cl. The third-order valence-electron chi connectivity index (χ3n) is 3.63. The fourth-order valence-electron chi connectivity index (χ4n) is 2.38. The number of unbranched alkanes of at least 4 members (excludes halogenated alkanes) is 9. The predicted octanol–water partition coefficient (Wildman–Crippen LogP) is 3.61. The van der Waals surface area contributed by atoms with E-state index in [-0.39, 0.29) is 19.0 Å². The van der Waals surface area contributed by atoms with Crippen molar-refractivity contribution in [2.75, 3.05) is 26.7 Å². The summed E-state index contributed by atoms with van der Waals surface area (Å²) in [5.74, 6) is 0. The Morgan fingerprint density at radius 3 is 1.75 bits per heavy atom. The second-order valence-electron chi connectivity index (χ2n) is 5.78. The van der Waals surface area contributed by atoms with Crippen LogP contribution in [0.5, 0.6) is 0 Å². The summed E-state index contributed by atoms with van der Waals surface area (Å²) in [5.41, 5.74) is 0. The van der Waals surface area contributed by atoms with Crippen LogP contribution in [0.4, 0.5) is 0 Å². The van der Waals surface area contributed by atoms with Crippen LogP contribution >= 0.6 is 12.4 Å². The molecule has 0 bridgehead atoms. The maximum atomic E-state index is 9.30. The Balaban J connectivity index is 0. The highest BCUT2D eigenvalue weighted by Crippen LogP contribution is 2.10. The minimum atomic E-state index is -0.590. The lowest BCUT2D eigenvalue weighted by molar-refractivity contribution is 0.0662. The molecule has 0 saturated heterocycles. The number of hydrogen-bond acceptors (Lipinski definition) is 3. The fourth-order valence-corrected chi connectivity index (χ4v) is 2.38. The topological polar surface area (TPSA) is 43.7 Å². The molecular formula is C16H36ClNO2. The highest BCUT2D eigenvalue weighted by Gasteiger charge is 2.05. The molecule has 0 aliphatic rings. The van der Waals surface area contributed by atoms with Gasteiger partial charge in [0.15, 0.2) is 0 Å². The molecule has 0 rings (SSSR count). The van der Waals surface area contributed by atoms with Gasteiger partial charge in [0, 0.05) is 6.54 Å². The Hall–Kier alpha value is 0.170. The standard InChI is InChI=1S/C16H35NO2.ClH/c1-3-4-5-6-7-8-9-10-11-12-13-17(2)14-16(19)15-18;/h16,18-19H,3-15H2,1-2H3;1H. The van der Waals surface area contributed by atoms with Gasteiger partial charge < -0.3 is 15.1 Å². The molecule has 0 aromatic heterocycles. The first-order chi connectivity index (χ1) is 9.20. The molecule has 0 aliphatic carbocycles. The molecule has 0 amide bonds. The highest BCUT2D eigenvalue weighted by molar-refractivity contribution is 5.85. The molecule has 4 heteroatoms. The van der Waals surface area contributed by atoms with Crippen molar-refractivity contribution in [3.63, 3.8) is 0 Å².